The van der Waals surface area contributed by atoms with E-state index in [4.69, 9.17) is 0 Å². The van der Waals surface area contributed by atoms with Gasteiger partial charge in [-0.15, -0.1) is 0 Å². The molecule has 0 spiro atoms. The smallest absolute Gasteiger partial charge is 0.335 e. The number of phenolic OH excluding ortho intramolecular Hbond substituents is 1. The number of phenols is 1. The third-order valence-corrected chi connectivity index (χ3v) is 6.28. The number of rotatable bonds is 7. The average molecular weight is 492 g/mol. The second-order valence-corrected chi connectivity index (χ2v) is 8.73. The Morgan fingerprint density at radius 2 is 1.65 bits per heavy atom. The van der Waals surface area contributed by atoms with Crippen LogP contribution in [0.2, 0.25) is 0 Å². The van der Waals surface area contributed by atoms with Crippen LogP contribution in [-0.2, 0) is 11.2 Å². The van der Waals surface area contributed by atoms with Gasteiger partial charge in [0.1, 0.15) is 5.75 Å². The summed E-state index contributed by atoms with van der Waals surface area (Å²) in [6, 6.07) is 26.8. The van der Waals surface area contributed by atoms with Gasteiger partial charge in [0.15, 0.2) is 5.71 Å². The molecule has 5 rings (SSSR count). The number of hydrazone groups is 1. The number of para-hydroxylation sites is 2. The highest BCUT2D eigenvalue weighted by Crippen LogP contribution is 2.38. The maximum atomic E-state index is 13.5. The monoisotopic (exact) mass is 491 g/mol. The van der Waals surface area contributed by atoms with Crippen LogP contribution < -0.4 is 10.3 Å². The summed E-state index contributed by atoms with van der Waals surface area (Å²) in [5.74, 6) is -1.43. The first kappa shape index (κ1) is 23.8. The molecule has 7 heteroatoms. The molecule has 4 aromatic rings. The highest BCUT2D eigenvalue weighted by molar-refractivity contribution is 6.55. The molecule has 1 aliphatic rings. The molecule has 4 aromatic carbocycles. The number of anilines is 3. The number of aromatic carboxylic acids is 1. The van der Waals surface area contributed by atoms with E-state index >= 15 is 0 Å². The largest absolute Gasteiger partial charge is 0.505 e. The van der Waals surface area contributed by atoms with E-state index in [0.717, 1.165) is 24.2 Å². The summed E-state index contributed by atoms with van der Waals surface area (Å²) < 4.78 is 0. The second-order valence-electron chi connectivity index (χ2n) is 8.73. The number of aromatic hydroxyl groups is 1. The summed E-state index contributed by atoms with van der Waals surface area (Å²) in [5, 5.41) is 24.6. The summed E-state index contributed by atoms with van der Waals surface area (Å²) in [6.07, 6.45) is 2.02. The number of hydrogen-bond acceptors (Lipinski definition) is 5. The molecular weight excluding hydrogens is 466 g/mol. The average Bonchev–Trinajstić information content (AvgIpc) is 3.20. The van der Waals surface area contributed by atoms with Gasteiger partial charge in [-0.25, -0.2) is 4.79 Å². The number of carboxylic acid groups (broad SMARTS) is 1. The van der Waals surface area contributed by atoms with E-state index in [9.17, 15) is 19.8 Å². The molecule has 0 saturated heterocycles. The Morgan fingerprint density at radius 3 is 2.41 bits per heavy atom. The fourth-order valence-electron chi connectivity index (χ4n) is 4.47. The van der Waals surface area contributed by atoms with Gasteiger partial charge in [0, 0.05) is 16.8 Å². The van der Waals surface area contributed by atoms with Crippen LogP contribution in [0.25, 0.3) is 11.1 Å². The van der Waals surface area contributed by atoms with E-state index < -0.39 is 5.97 Å². The Bertz CT molecular complexity index is 1530. The zero-order valence-corrected chi connectivity index (χ0v) is 20.2. The third-order valence-electron chi connectivity index (χ3n) is 6.28. The Balaban J connectivity index is 1.47. The third kappa shape index (κ3) is 4.54. The molecule has 0 aromatic heterocycles. The first-order valence-corrected chi connectivity index (χ1v) is 12.0. The molecule has 0 fully saturated rings. The molecular formula is C30H25N3O4. The number of carboxylic acids is 1. The molecule has 0 radical (unpaired) electrons. The Hall–Kier alpha value is -4.91. The van der Waals surface area contributed by atoms with Crippen molar-refractivity contribution in [3.8, 4) is 16.9 Å². The minimum Gasteiger partial charge on any atom is -0.505 e. The van der Waals surface area contributed by atoms with Crippen molar-refractivity contribution in [2.45, 2.75) is 19.8 Å². The zero-order chi connectivity index (χ0) is 25.9. The van der Waals surface area contributed by atoms with E-state index in [1.807, 2.05) is 48.5 Å². The molecule has 0 bridgehead atoms. The molecule has 0 aliphatic carbocycles. The first-order valence-electron chi connectivity index (χ1n) is 12.0. The highest BCUT2D eigenvalue weighted by atomic mass is 16.4. The van der Waals surface area contributed by atoms with Crippen molar-refractivity contribution in [2.24, 2.45) is 5.10 Å². The van der Waals surface area contributed by atoms with Gasteiger partial charge in [-0.1, -0.05) is 67.9 Å². The number of benzene rings is 4. The number of amides is 1. The summed E-state index contributed by atoms with van der Waals surface area (Å²) in [4.78, 5) is 26.5. The topological polar surface area (TPSA) is 102 Å². The molecule has 7 nitrogen and oxygen atoms in total. The normalized spacial score (nSPS) is 13.6. The molecule has 0 atom stereocenters. The van der Waals surface area contributed by atoms with Crippen LogP contribution in [0.15, 0.2) is 96.1 Å². The fraction of sp³-hybridized carbons (Fsp3) is 0.100. The zero-order valence-electron chi connectivity index (χ0n) is 20.2. The lowest BCUT2D eigenvalue weighted by Gasteiger charge is -2.17. The van der Waals surface area contributed by atoms with Crippen LogP contribution in [-0.4, -0.2) is 27.8 Å². The lowest BCUT2D eigenvalue weighted by Crippen LogP contribution is -2.26. The Kier molecular flexibility index (Phi) is 6.43. The van der Waals surface area contributed by atoms with E-state index in [2.05, 4.69) is 17.5 Å². The predicted octanol–water partition coefficient (Wildman–Crippen LogP) is 6.20. The van der Waals surface area contributed by atoms with E-state index in [1.54, 1.807) is 35.2 Å². The van der Waals surface area contributed by atoms with Crippen molar-refractivity contribution in [2.75, 3.05) is 10.3 Å². The van der Waals surface area contributed by atoms with E-state index in [1.165, 1.54) is 17.7 Å². The molecule has 3 N–H and O–H groups in total. The van der Waals surface area contributed by atoms with Gasteiger partial charge in [-0.3, -0.25) is 15.1 Å². The van der Waals surface area contributed by atoms with Gasteiger partial charge in [-0.2, -0.15) is 5.10 Å². The minimum absolute atomic E-state index is 0.100. The molecule has 1 amide bonds. The maximum absolute atomic E-state index is 13.5. The Morgan fingerprint density at radius 1 is 0.919 bits per heavy atom. The SMILES string of the molecule is CCCc1ccc(N2C(=O)/C(=N\Nc3cccc(-c4cccc(C(=O)O)c4)c3O)c3ccccc32)cc1. The quantitative estimate of drug-likeness (QED) is 0.211. The van der Waals surface area contributed by atoms with Crippen molar-refractivity contribution in [1.82, 2.24) is 0 Å². The van der Waals surface area contributed by atoms with Crippen LogP contribution in [0.5, 0.6) is 5.75 Å². The van der Waals surface area contributed by atoms with Crippen molar-refractivity contribution in [3.05, 3.63) is 108 Å². The number of carbonyl (C=O) groups is 2. The maximum Gasteiger partial charge on any atom is 0.335 e. The molecule has 1 aliphatic heterocycles. The van der Waals surface area contributed by atoms with Crippen molar-refractivity contribution < 1.29 is 19.8 Å². The number of nitrogens with zero attached hydrogens (tertiary/aromatic N) is 2. The number of carbonyl (C=O) groups excluding carboxylic acids is 1. The molecule has 0 unspecified atom stereocenters. The molecule has 1 heterocycles. The van der Waals surface area contributed by atoms with Crippen molar-refractivity contribution in [1.29, 1.82) is 0 Å². The number of nitrogens with one attached hydrogen (secondary N) is 1. The lowest BCUT2D eigenvalue weighted by molar-refractivity contribution is -0.111. The van der Waals surface area contributed by atoms with Gasteiger partial charge in [0.25, 0.3) is 5.91 Å². The van der Waals surface area contributed by atoms with Crippen LogP contribution >= 0.6 is 0 Å². The summed E-state index contributed by atoms with van der Waals surface area (Å²) in [5.41, 5.74) is 7.86. The summed E-state index contributed by atoms with van der Waals surface area (Å²) >= 11 is 0. The van der Waals surface area contributed by atoms with E-state index in [0.29, 0.717) is 22.4 Å². The fourth-order valence-corrected chi connectivity index (χ4v) is 4.47. The molecule has 0 saturated carbocycles. The minimum atomic E-state index is -1.05. The van der Waals surface area contributed by atoms with Crippen LogP contribution in [0.3, 0.4) is 0 Å². The second kappa shape index (κ2) is 9.99. The van der Waals surface area contributed by atoms with Crippen molar-refractivity contribution >= 4 is 34.7 Å². The highest BCUT2D eigenvalue weighted by Gasteiger charge is 2.35. The lowest BCUT2D eigenvalue weighted by atomic mass is 10.0. The molecule has 37 heavy (non-hydrogen) atoms. The number of fused-ring (bicyclic) bond motifs is 1. The Labute approximate surface area is 214 Å². The molecule has 184 valence electrons. The van der Waals surface area contributed by atoms with E-state index in [-0.39, 0.29) is 22.9 Å². The van der Waals surface area contributed by atoms with Gasteiger partial charge >= 0.3 is 5.97 Å². The van der Waals surface area contributed by atoms with Gasteiger partial charge in [-0.05, 0) is 53.9 Å². The van der Waals surface area contributed by atoms with Crippen LogP contribution in [0, 0.1) is 0 Å². The van der Waals surface area contributed by atoms with Gasteiger partial charge in [0.05, 0.1) is 16.9 Å². The predicted molar refractivity (Wildman–Crippen MR) is 145 cm³/mol. The van der Waals surface area contributed by atoms with Crippen molar-refractivity contribution in [3.63, 3.8) is 0 Å². The number of hydrogen-bond donors (Lipinski definition) is 3. The van der Waals surface area contributed by atoms with Gasteiger partial charge < -0.3 is 10.2 Å². The standard InChI is InChI=1S/C30H25N3O4/c1-2-7-19-14-16-22(17-15-19)33-26-13-4-3-10-24(26)27(29(33)35)32-31-25-12-6-11-23(28(25)34)20-8-5-9-21(18-20)30(36)37/h3-6,8-18,31,34H,2,7H2,1H3,(H,36,37)/b32-27-. The number of aryl methyl sites for hydroxylation is 1. The van der Waals surface area contributed by atoms with Gasteiger partial charge in [0.2, 0.25) is 0 Å². The van der Waals surface area contributed by atoms with Crippen LogP contribution in [0.1, 0.15) is 34.8 Å². The van der Waals surface area contributed by atoms with Crippen LogP contribution in [0.4, 0.5) is 17.1 Å². The summed E-state index contributed by atoms with van der Waals surface area (Å²) in [6.45, 7) is 2.13. The summed E-state index contributed by atoms with van der Waals surface area (Å²) in [7, 11) is 0. The first-order chi connectivity index (χ1) is 18.0.